The topological polar surface area (TPSA) is 79.0 Å². The molecule has 3 aromatic rings. The van der Waals surface area contributed by atoms with Crippen molar-refractivity contribution in [1.82, 2.24) is 14.7 Å². The van der Waals surface area contributed by atoms with Crippen LogP contribution in [-0.4, -0.2) is 33.0 Å². The Morgan fingerprint density at radius 3 is 2.35 bits per heavy atom. The van der Waals surface area contributed by atoms with Gasteiger partial charge in [-0.05, 0) is 48.8 Å². The van der Waals surface area contributed by atoms with E-state index < -0.39 is 11.8 Å². The zero-order valence-electron chi connectivity index (χ0n) is 19.1. The third-order valence-electron chi connectivity index (χ3n) is 5.55. The predicted molar refractivity (Wildman–Crippen MR) is 135 cm³/mol. The summed E-state index contributed by atoms with van der Waals surface area (Å²) in [5, 5.41) is 14.5. The third kappa shape index (κ3) is 4.50. The Morgan fingerprint density at radius 2 is 1.74 bits per heavy atom. The van der Waals surface area contributed by atoms with Crippen molar-refractivity contribution in [1.29, 1.82) is 5.26 Å². The van der Waals surface area contributed by atoms with Crippen molar-refractivity contribution >= 4 is 33.8 Å². The summed E-state index contributed by atoms with van der Waals surface area (Å²) in [4.78, 5) is 27.3. The van der Waals surface area contributed by atoms with Gasteiger partial charge in [-0.1, -0.05) is 60.1 Å². The summed E-state index contributed by atoms with van der Waals surface area (Å²) in [6, 6.07) is 19.4. The van der Waals surface area contributed by atoms with Crippen molar-refractivity contribution in [3.8, 4) is 23.0 Å². The number of amides is 2. The number of benzene rings is 2. The van der Waals surface area contributed by atoms with Gasteiger partial charge < -0.3 is 0 Å². The molecule has 2 amide bonds. The highest BCUT2D eigenvalue weighted by molar-refractivity contribution is 9.10. The standard InChI is InChI=1S/C27H23BrN4O2/c1-17(2)15-31-26(33)23(18(3)24(14-29)27(31)34)13-20-16-32(22-7-5-4-6-8-22)30-25(20)19-9-11-21(28)12-10-19/h4-13,16-17H,15H2,1-3H3/b23-13+. The predicted octanol–water partition coefficient (Wildman–Crippen LogP) is 5.55. The molecule has 0 fully saturated rings. The van der Waals surface area contributed by atoms with Crippen LogP contribution in [0.25, 0.3) is 23.0 Å². The molecule has 0 radical (unpaired) electrons. The molecular weight excluding hydrogens is 492 g/mol. The molecule has 170 valence electrons. The van der Waals surface area contributed by atoms with Gasteiger partial charge in [-0.15, -0.1) is 0 Å². The SMILES string of the molecule is CC1=C(C#N)C(=O)N(CC(C)C)C(=O)/C1=C/c1cn(-c2ccccc2)nc1-c1ccc(Br)cc1. The molecular formula is C27H23BrN4O2. The van der Waals surface area contributed by atoms with Crippen molar-refractivity contribution in [2.45, 2.75) is 20.8 Å². The second-order valence-electron chi connectivity index (χ2n) is 8.50. The minimum Gasteiger partial charge on any atom is -0.273 e. The van der Waals surface area contributed by atoms with E-state index in [9.17, 15) is 14.9 Å². The maximum Gasteiger partial charge on any atom is 0.271 e. The highest BCUT2D eigenvalue weighted by Gasteiger charge is 2.35. The Labute approximate surface area is 206 Å². The first-order valence-corrected chi connectivity index (χ1v) is 11.7. The number of hydrogen-bond acceptors (Lipinski definition) is 4. The Hall–Kier alpha value is -3.76. The molecule has 6 nitrogen and oxygen atoms in total. The van der Waals surface area contributed by atoms with Crippen molar-refractivity contribution in [2.75, 3.05) is 6.54 Å². The summed E-state index contributed by atoms with van der Waals surface area (Å²) in [6.07, 6.45) is 3.59. The van der Waals surface area contributed by atoms with Crippen LogP contribution in [0.4, 0.5) is 0 Å². The molecule has 0 unspecified atom stereocenters. The van der Waals surface area contributed by atoms with Crippen LogP contribution in [0.5, 0.6) is 0 Å². The Bertz CT molecular complexity index is 1360. The first-order chi connectivity index (χ1) is 16.3. The fourth-order valence-electron chi connectivity index (χ4n) is 3.85. The monoisotopic (exact) mass is 514 g/mol. The molecule has 0 bridgehead atoms. The molecule has 34 heavy (non-hydrogen) atoms. The lowest BCUT2D eigenvalue weighted by Crippen LogP contribution is -2.44. The number of hydrogen-bond donors (Lipinski definition) is 0. The molecule has 0 aliphatic carbocycles. The summed E-state index contributed by atoms with van der Waals surface area (Å²) in [5.74, 6) is -0.861. The van der Waals surface area contributed by atoms with E-state index in [-0.39, 0.29) is 18.0 Å². The number of carbonyl (C=O) groups excluding carboxylic acids is 2. The molecule has 0 saturated heterocycles. The first kappa shape index (κ1) is 23.4. The van der Waals surface area contributed by atoms with Crippen LogP contribution < -0.4 is 0 Å². The summed E-state index contributed by atoms with van der Waals surface area (Å²) in [5.41, 5.74) is 3.86. The highest BCUT2D eigenvalue weighted by atomic mass is 79.9. The normalized spacial score (nSPS) is 15.4. The Kier molecular flexibility index (Phi) is 6.62. The van der Waals surface area contributed by atoms with Gasteiger partial charge in [0, 0.05) is 33.9 Å². The number of aromatic nitrogens is 2. The van der Waals surface area contributed by atoms with Gasteiger partial charge in [0.1, 0.15) is 11.6 Å². The zero-order valence-corrected chi connectivity index (χ0v) is 20.7. The minimum absolute atomic E-state index is 0.00728. The number of nitrogens with zero attached hydrogens (tertiary/aromatic N) is 4. The van der Waals surface area contributed by atoms with Crippen LogP contribution >= 0.6 is 15.9 Å². The van der Waals surface area contributed by atoms with Gasteiger partial charge in [0.25, 0.3) is 11.8 Å². The van der Waals surface area contributed by atoms with Gasteiger partial charge in [-0.25, -0.2) is 4.68 Å². The largest absolute Gasteiger partial charge is 0.273 e. The second kappa shape index (κ2) is 9.62. The number of para-hydroxylation sites is 1. The van der Waals surface area contributed by atoms with Gasteiger partial charge >= 0.3 is 0 Å². The maximum atomic E-state index is 13.4. The number of carbonyl (C=O) groups is 2. The fourth-order valence-corrected chi connectivity index (χ4v) is 4.12. The van der Waals surface area contributed by atoms with E-state index in [4.69, 9.17) is 5.10 Å². The Balaban J connectivity index is 1.91. The summed E-state index contributed by atoms with van der Waals surface area (Å²) in [7, 11) is 0. The van der Waals surface area contributed by atoms with Gasteiger partial charge in [0.15, 0.2) is 0 Å². The number of imide groups is 1. The molecule has 0 saturated carbocycles. The van der Waals surface area contributed by atoms with Crippen LogP contribution in [0.15, 0.2) is 82.0 Å². The summed E-state index contributed by atoms with van der Waals surface area (Å²) in [6.45, 7) is 5.75. The van der Waals surface area contributed by atoms with Crippen molar-refractivity contribution in [3.05, 3.63) is 87.5 Å². The highest BCUT2D eigenvalue weighted by Crippen LogP contribution is 2.31. The van der Waals surface area contributed by atoms with Crippen LogP contribution in [-0.2, 0) is 9.59 Å². The second-order valence-corrected chi connectivity index (χ2v) is 9.42. The van der Waals surface area contributed by atoms with Crippen LogP contribution in [0.3, 0.4) is 0 Å². The lowest BCUT2D eigenvalue weighted by molar-refractivity contribution is -0.141. The van der Waals surface area contributed by atoms with Gasteiger partial charge in [0.2, 0.25) is 0 Å². The van der Waals surface area contributed by atoms with Crippen LogP contribution in [0.2, 0.25) is 0 Å². The van der Waals surface area contributed by atoms with Crippen LogP contribution in [0, 0.1) is 17.2 Å². The third-order valence-corrected chi connectivity index (χ3v) is 6.08. The molecule has 4 rings (SSSR count). The minimum atomic E-state index is -0.538. The lowest BCUT2D eigenvalue weighted by Gasteiger charge is -2.28. The Morgan fingerprint density at radius 1 is 1.06 bits per heavy atom. The molecule has 2 aromatic carbocycles. The zero-order chi connectivity index (χ0) is 24.4. The smallest absolute Gasteiger partial charge is 0.271 e. The van der Waals surface area contributed by atoms with E-state index in [0.717, 1.165) is 15.7 Å². The van der Waals surface area contributed by atoms with E-state index >= 15 is 0 Å². The van der Waals surface area contributed by atoms with Crippen molar-refractivity contribution in [2.24, 2.45) is 5.92 Å². The van der Waals surface area contributed by atoms with Crippen molar-refractivity contribution < 1.29 is 9.59 Å². The molecule has 1 aromatic heterocycles. The molecule has 1 aliphatic rings. The molecule has 0 N–H and O–H groups in total. The summed E-state index contributed by atoms with van der Waals surface area (Å²) < 4.78 is 2.71. The number of nitriles is 1. The van der Waals surface area contributed by atoms with Gasteiger partial charge in [0.05, 0.1) is 11.4 Å². The summed E-state index contributed by atoms with van der Waals surface area (Å²) >= 11 is 3.46. The molecule has 0 atom stereocenters. The maximum absolute atomic E-state index is 13.4. The molecule has 7 heteroatoms. The van der Waals surface area contributed by atoms with E-state index in [2.05, 4.69) is 15.9 Å². The van der Waals surface area contributed by atoms with E-state index in [0.29, 0.717) is 22.4 Å². The molecule has 1 aliphatic heterocycles. The lowest BCUT2D eigenvalue weighted by atomic mass is 9.92. The van der Waals surface area contributed by atoms with E-state index in [1.807, 2.05) is 80.7 Å². The molecule has 2 heterocycles. The van der Waals surface area contributed by atoms with Crippen molar-refractivity contribution in [3.63, 3.8) is 0 Å². The molecule has 0 spiro atoms. The van der Waals surface area contributed by atoms with Crippen LogP contribution in [0.1, 0.15) is 26.3 Å². The van der Waals surface area contributed by atoms with Gasteiger partial charge in [-0.3, -0.25) is 14.5 Å². The average molecular weight is 515 g/mol. The average Bonchev–Trinajstić information content (AvgIpc) is 3.25. The number of halogens is 1. The first-order valence-electron chi connectivity index (χ1n) is 10.9. The fraction of sp³-hybridized carbons (Fsp3) is 0.185. The quantitative estimate of drug-likeness (QED) is 0.330. The van der Waals surface area contributed by atoms with E-state index in [1.54, 1.807) is 17.7 Å². The number of rotatable bonds is 5. The van der Waals surface area contributed by atoms with Gasteiger partial charge in [-0.2, -0.15) is 10.4 Å². The van der Waals surface area contributed by atoms with E-state index in [1.165, 1.54) is 4.90 Å².